The Bertz CT molecular complexity index is 804. The van der Waals surface area contributed by atoms with Crippen molar-refractivity contribution in [2.75, 3.05) is 0 Å². The minimum Gasteiger partial charge on any atom is -0.267 e. The average molecular weight is 296 g/mol. The molecule has 3 rings (SSSR count). The van der Waals surface area contributed by atoms with Gasteiger partial charge in [-0.1, -0.05) is 26.2 Å². The van der Waals surface area contributed by atoms with Crippen molar-refractivity contribution in [1.29, 1.82) is 0 Å². The molecule has 0 aliphatic carbocycles. The number of aromatic amines is 1. The van der Waals surface area contributed by atoms with Crippen LogP contribution in [0.1, 0.15) is 32.6 Å². The van der Waals surface area contributed by atoms with Crippen LogP contribution in [0.15, 0.2) is 41.6 Å². The summed E-state index contributed by atoms with van der Waals surface area (Å²) in [6.07, 6.45) is 9.95. The highest BCUT2D eigenvalue weighted by Crippen LogP contribution is 2.20. The largest absolute Gasteiger partial charge is 0.273 e. The predicted octanol–water partition coefficient (Wildman–Crippen LogP) is 3.37. The normalized spacial score (nSPS) is 11.1. The van der Waals surface area contributed by atoms with Gasteiger partial charge in [0.1, 0.15) is 0 Å². The van der Waals surface area contributed by atoms with E-state index < -0.39 is 0 Å². The van der Waals surface area contributed by atoms with E-state index >= 15 is 0 Å². The van der Waals surface area contributed by atoms with Crippen LogP contribution in [-0.2, 0) is 6.54 Å². The molecule has 114 valence electrons. The number of nitrogens with one attached hydrogen (secondary N) is 1. The summed E-state index contributed by atoms with van der Waals surface area (Å²) in [4.78, 5) is 20.6. The summed E-state index contributed by atoms with van der Waals surface area (Å²) in [6.45, 7) is 3.00. The summed E-state index contributed by atoms with van der Waals surface area (Å²) in [7, 11) is 0. The van der Waals surface area contributed by atoms with Crippen LogP contribution in [0.5, 0.6) is 0 Å². The lowest BCUT2D eigenvalue weighted by molar-refractivity contribution is 0.548. The second-order valence-electron chi connectivity index (χ2n) is 5.48. The van der Waals surface area contributed by atoms with Crippen molar-refractivity contribution in [1.82, 2.24) is 19.7 Å². The first kappa shape index (κ1) is 14.5. The number of hydrogen-bond acceptors (Lipinski definition) is 3. The zero-order valence-corrected chi connectivity index (χ0v) is 12.7. The van der Waals surface area contributed by atoms with Gasteiger partial charge in [-0.3, -0.25) is 19.6 Å². The van der Waals surface area contributed by atoms with E-state index in [1.807, 2.05) is 29.1 Å². The van der Waals surface area contributed by atoms with Gasteiger partial charge in [-0.25, -0.2) is 4.98 Å². The minimum absolute atomic E-state index is 0.0751. The van der Waals surface area contributed by atoms with Crippen molar-refractivity contribution in [3.8, 4) is 11.1 Å². The van der Waals surface area contributed by atoms with Crippen LogP contribution in [0.4, 0.5) is 0 Å². The number of hydrogen-bond donors (Lipinski definition) is 1. The van der Waals surface area contributed by atoms with Crippen LogP contribution in [0.25, 0.3) is 22.2 Å². The second-order valence-corrected chi connectivity index (χ2v) is 5.48. The Balaban J connectivity index is 1.90. The van der Waals surface area contributed by atoms with Gasteiger partial charge in [0.2, 0.25) is 0 Å². The molecule has 5 nitrogen and oxygen atoms in total. The number of aromatic nitrogens is 4. The average Bonchev–Trinajstić information content (AvgIpc) is 2.88. The highest BCUT2D eigenvalue weighted by molar-refractivity contribution is 5.80. The van der Waals surface area contributed by atoms with E-state index in [0.717, 1.165) is 29.7 Å². The van der Waals surface area contributed by atoms with Gasteiger partial charge in [0.25, 0.3) is 5.56 Å². The van der Waals surface area contributed by atoms with Crippen molar-refractivity contribution >= 4 is 11.0 Å². The Labute approximate surface area is 129 Å². The van der Waals surface area contributed by atoms with Gasteiger partial charge in [0.15, 0.2) is 5.65 Å². The summed E-state index contributed by atoms with van der Waals surface area (Å²) >= 11 is 0. The van der Waals surface area contributed by atoms with Gasteiger partial charge in [-0.2, -0.15) is 0 Å². The molecule has 3 aromatic rings. The van der Waals surface area contributed by atoms with Crippen LogP contribution in [0.2, 0.25) is 0 Å². The van der Waals surface area contributed by atoms with Crippen LogP contribution in [0, 0.1) is 0 Å². The van der Waals surface area contributed by atoms with E-state index in [1.54, 1.807) is 12.4 Å². The summed E-state index contributed by atoms with van der Waals surface area (Å²) in [6, 6.07) is 5.73. The first-order valence-electron chi connectivity index (χ1n) is 7.78. The number of nitrogens with zero attached hydrogens (tertiary/aromatic N) is 3. The Hall–Kier alpha value is -2.43. The molecule has 0 saturated carbocycles. The summed E-state index contributed by atoms with van der Waals surface area (Å²) < 4.78 is 1.86. The van der Waals surface area contributed by atoms with Crippen molar-refractivity contribution in [2.45, 2.75) is 39.2 Å². The molecular formula is C17H20N4O. The Morgan fingerprint density at radius 2 is 1.95 bits per heavy atom. The molecule has 0 radical (unpaired) electrons. The molecule has 0 saturated heterocycles. The molecule has 3 heterocycles. The van der Waals surface area contributed by atoms with E-state index in [0.29, 0.717) is 5.39 Å². The summed E-state index contributed by atoms with van der Waals surface area (Å²) in [5.74, 6) is 0. The standard InChI is InChI=1S/C17H20N4O/c1-2-3-4-5-10-21-16-15(17(22)20-21)11-14(12-19-16)13-6-8-18-9-7-13/h6-9,11-12H,2-5,10H2,1H3,(H,20,22). The van der Waals surface area contributed by atoms with E-state index in [2.05, 4.69) is 22.0 Å². The lowest BCUT2D eigenvalue weighted by Crippen LogP contribution is -2.06. The number of pyridine rings is 2. The molecule has 0 aliphatic rings. The third-order valence-electron chi connectivity index (χ3n) is 3.85. The zero-order chi connectivity index (χ0) is 15.4. The summed E-state index contributed by atoms with van der Waals surface area (Å²) in [5.41, 5.74) is 2.61. The van der Waals surface area contributed by atoms with Crippen LogP contribution in [-0.4, -0.2) is 19.7 Å². The molecule has 3 aromatic heterocycles. The Kier molecular flexibility index (Phi) is 4.32. The van der Waals surface area contributed by atoms with Crippen molar-refractivity contribution in [2.24, 2.45) is 0 Å². The Morgan fingerprint density at radius 3 is 2.73 bits per heavy atom. The molecule has 0 aromatic carbocycles. The van der Waals surface area contributed by atoms with Crippen molar-refractivity contribution in [3.05, 3.63) is 47.1 Å². The third-order valence-corrected chi connectivity index (χ3v) is 3.85. The molecule has 0 unspecified atom stereocenters. The fourth-order valence-corrected chi connectivity index (χ4v) is 2.64. The first-order chi connectivity index (χ1) is 10.8. The van der Waals surface area contributed by atoms with E-state index in [1.165, 1.54) is 19.3 Å². The van der Waals surface area contributed by atoms with Crippen LogP contribution in [0.3, 0.4) is 0 Å². The van der Waals surface area contributed by atoms with Gasteiger partial charge >= 0.3 is 0 Å². The number of H-pyrrole nitrogens is 1. The Morgan fingerprint density at radius 1 is 1.14 bits per heavy atom. The second kappa shape index (κ2) is 6.56. The van der Waals surface area contributed by atoms with Crippen LogP contribution < -0.4 is 5.56 Å². The van der Waals surface area contributed by atoms with Crippen molar-refractivity contribution < 1.29 is 0 Å². The minimum atomic E-state index is -0.0751. The SMILES string of the molecule is CCCCCCn1[nH]c(=O)c2cc(-c3ccncc3)cnc21. The molecule has 0 aliphatic heterocycles. The molecule has 0 amide bonds. The van der Waals surface area contributed by atoms with Crippen molar-refractivity contribution in [3.63, 3.8) is 0 Å². The fourth-order valence-electron chi connectivity index (χ4n) is 2.64. The molecule has 22 heavy (non-hydrogen) atoms. The molecule has 0 fully saturated rings. The maximum Gasteiger partial charge on any atom is 0.273 e. The molecule has 5 heteroatoms. The number of unbranched alkanes of at least 4 members (excludes halogenated alkanes) is 3. The monoisotopic (exact) mass is 296 g/mol. The van der Waals surface area contributed by atoms with E-state index in [4.69, 9.17) is 0 Å². The molecule has 1 N–H and O–H groups in total. The predicted molar refractivity (Wildman–Crippen MR) is 87.7 cm³/mol. The fraction of sp³-hybridized carbons (Fsp3) is 0.353. The van der Waals surface area contributed by atoms with E-state index in [-0.39, 0.29) is 5.56 Å². The molecule has 0 bridgehead atoms. The third kappa shape index (κ3) is 2.93. The molecular weight excluding hydrogens is 276 g/mol. The molecule has 0 atom stereocenters. The zero-order valence-electron chi connectivity index (χ0n) is 12.7. The maximum atomic E-state index is 12.1. The first-order valence-corrected chi connectivity index (χ1v) is 7.78. The maximum absolute atomic E-state index is 12.1. The van der Waals surface area contributed by atoms with Gasteiger partial charge in [0, 0.05) is 30.7 Å². The van der Waals surface area contributed by atoms with Gasteiger partial charge in [0.05, 0.1) is 5.39 Å². The lowest BCUT2D eigenvalue weighted by Gasteiger charge is -2.04. The topological polar surface area (TPSA) is 63.6 Å². The van der Waals surface area contributed by atoms with Gasteiger partial charge < -0.3 is 0 Å². The molecule has 0 spiro atoms. The van der Waals surface area contributed by atoms with Crippen LogP contribution >= 0.6 is 0 Å². The van der Waals surface area contributed by atoms with Gasteiger partial charge in [-0.15, -0.1) is 0 Å². The van der Waals surface area contributed by atoms with Gasteiger partial charge in [-0.05, 0) is 30.2 Å². The van der Waals surface area contributed by atoms with E-state index in [9.17, 15) is 4.79 Å². The number of fused-ring (bicyclic) bond motifs is 1. The number of aryl methyl sites for hydroxylation is 1. The smallest absolute Gasteiger partial charge is 0.267 e. The lowest BCUT2D eigenvalue weighted by atomic mass is 10.1. The summed E-state index contributed by atoms with van der Waals surface area (Å²) in [5, 5.41) is 3.54. The quantitative estimate of drug-likeness (QED) is 0.709. The number of rotatable bonds is 6. The highest BCUT2D eigenvalue weighted by Gasteiger charge is 2.09. The highest BCUT2D eigenvalue weighted by atomic mass is 16.1.